The zero-order valence-electron chi connectivity index (χ0n) is 13.3. The van der Waals surface area contributed by atoms with Gasteiger partial charge in [0.05, 0.1) is 24.5 Å². The molecule has 0 aromatic rings. The molecule has 1 amide bonds. The number of carbonyl (C=O) groups excluding carboxylic acids is 2. The van der Waals surface area contributed by atoms with Crippen LogP contribution in [0.1, 0.15) is 47.0 Å². The Morgan fingerprint density at radius 2 is 2.05 bits per heavy atom. The van der Waals surface area contributed by atoms with Crippen LogP contribution in [0.25, 0.3) is 0 Å². The van der Waals surface area contributed by atoms with E-state index >= 15 is 0 Å². The van der Waals surface area contributed by atoms with Crippen molar-refractivity contribution < 1.29 is 19.1 Å². The number of rotatable bonds is 3. The van der Waals surface area contributed by atoms with Gasteiger partial charge in [0.1, 0.15) is 5.60 Å². The standard InChI is InChI=1S/C15H24N2O4/c1-5-20-12(18)15(8-9-16)7-6-10-17(11-15)13(19)21-14(2,3)4/h5-8,10-11H2,1-4H3/t15-/m0/s1. The highest BCUT2D eigenvalue weighted by Crippen LogP contribution is 2.35. The maximum absolute atomic E-state index is 12.2. The van der Waals surface area contributed by atoms with Crippen LogP contribution in [-0.2, 0) is 14.3 Å². The van der Waals surface area contributed by atoms with Gasteiger partial charge in [-0.1, -0.05) is 0 Å². The fourth-order valence-corrected chi connectivity index (χ4v) is 2.43. The van der Waals surface area contributed by atoms with Crippen LogP contribution in [-0.4, -0.2) is 42.3 Å². The molecule has 0 aromatic carbocycles. The van der Waals surface area contributed by atoms with Gasteiger partial charge in [-0.15, -0.1) is 0 Å². The highest BCUT2D eigenvalue weighted by molar-refractivity contribution is 5.79. The molecule has 0 spiro atoms. The smallest absolute Gasteiger partial charge is 0.410 e. The highest BCUT2D eigenvalue weighted by atomic mass is 16.6. The summed E-state index contributed by atoms with van der Waals surface area (Å²) in [5, 5.41) is 9.02. The second kappa shape index (κ2) is 6.79. The Balaban J connectivity index is 2.86. The van der Waals surface area contributed by atoms with E-state index in [1.54, 1.807) is 27.7 Å². The van der Waals surface area contributed by atoms with Crippen LogP contribution in [0.2, 0.25) is 0 Å². The summed E-state index contributed by atoms with van der Waals surface area (Å²) in [4.78, 5) is 25.9. The molecule has 1 atom stereocenters. The van der Waals surface area contributed by atoms with Crippen LogP contribution in [0, 0.1) is 16.7 Å². The van der Waals surface area contributed by atoms with Crippen LogP contribution in [0.5, 0.6) is 0 Å². The molecule has 118 valence electrons. The number of nitriles is 1. The molecule has 0 radical (unpaired) electrons. The van der Waals surface area contributed by atoms with E-state index in [4.69, 9.17) is 14.7 Å². The predicted octanol–water partition coefficient (Wildman–Crippen LogP) is 2.48. The Labute approximate surface area is 126 Å². The lowest BCUT2D eigenvalue weighted by atomic mass is 9.77. The zero-order valence-corrected chi connectivity index (χ0v) is 13.3. The Morgan fingerprint density at radius 1 is 1.38 bits per heavy atom. The van der Waals surface area contributed by atoms with Crippen LogP contribution >= 0.6 is 0 Å². The van der Waals surface area contributed by atoms with E-state index in [0.717, 1.165) is 0 Å². The molecule has 1 fully saturated rings. The fourth-order valence-electron chi connectivity index (χ4n) is 2.43. The normalized spacial score (nSPS) is 22.3. The van der Waals surface area contributed by atoms with E-state index in [1.165, 1.54) is 4.90 Å². The van der Waals surface area contributed by atoms with E-state index in [1.807, 2.05) is 6.07 Å². The maximum Gasteiger partial charge on any atom is 0.410 e. The van der Waals surface area contributed by atoms with Crippen LogP contribution in [0.3, 0.4) is 0 Å². The molecule has 0 N–H and O–H groups in total. The number of carbonyl (C=O) groups is 2. The van der Waals surface area contributed by atoms with Crippen molar-refractivity contribution >= 4 is 12.1 Å². The summed E-state index contributed by atoms with van der Waals surface area (Å²) in [5.41, 5.74) is -1.52. The number of amides is 1. The van der Waals surface area contributed by atoms with Gasteiger partial charge in [-0.25, -0.2) is 4.79 Å². The summed E-state index contributed by atoms with van der Waals surface area (Å²) in [6.07, 6.45) is 0.803. The van der Waals surface area contributed by atoms with Crippen LogP contribution in [0.4, 0.5) is 4.79 Å². The molecule has 1 heterocycles. The Hall–Kier alpha value is -1.77. The molecular weight excluding hydrogens is 272 g/mol. The molecule has 0 aliphatic carbocycles. The van der Waals surface area contributed by atoms with Crippen molar-refractivity contribution in [2.75, 3.05) is 19.7 Å². The lowest BCUT2D eigenvalue weighted by Crippen LogP contribution is -2.51. The SMILES string of the molecule is CCOC(=O)[C@]1(CC#N)CCCN(C(=O)OC(C)(C)C)C1. The first kappa shape index (κ1) is 17.3. The third kappa shape index (κ3) is 4.62. The van der Waals surface area contributed by atoms with Crippen molar-refractivity contribution in [3.05, 3.63) is 0 Å². The monoisotopic (exact) mass is 296 g/mol. The van der Waals surface area contributed by atoms with Crippen molar-refractivity contribution in [2.45, 2.75) is 52.6 Å². The van der Waals surface area contributed by atoms with Gasteiger partial charge in [-0.2, -0.15) is 5.26 Å². The Bertz CT molecular complexity index is 436. The summed E-state index contributed by atoms with van der Waals surface area (Å²) >= 11 is 0. The molecule has 1 rings (SSSR count). The summed E-state index contributed by atoms with van der Waals surface area (Å²) in [5.74, 6) is -0.403. The fraction of sp³-hybridized carbons (Fsp3) is 0.800. The molecule has 1 aliphatic rings. The predicted molar refractivity (Wildman–Crippen MR) is 76.3 cm³/mol. The minimum Gasteiger partial charge on any atom is -0.465 e. The molecule has 21 heavy (non-hydrogen) atoms. The van der Waals surface area contributed by atoms with E-state index < -0.39 is 23.1 Å². The zero-order chi connectivity index (χ0) is 16.1. The molecule has 6 heteroatoms. The first-order valence-corrected chi connectivity index (χ1v) is 7.26. The van der Waals surface area contributed by atoms with E-state index in [-0.39, 0.29) is 19.6 Å². The molecule has 1 saturated heterocycles. The number of ether oxygens (including phenoxy) is 2. The second-order valence-electron chi connectivity index (χ2n) is 6.34. The first-order valence-electron chi connectivity index (χ1n) is 7.26. The first-order chi connectivity index (χ1) is 9.74. The van der Waals surface area contributed by atoms with Gasteiger partial charge in [0, 0.05) is 13.1 Å². The lowest BCUT2D eigenvalue weighted by molar-refractivity contribution is -0.158. The van der Waals surface area contributed by atoms with Crippen molar-refractivity contribution in [1.82, 2.24) is 4.90 Å². The molecular formula is C15H24N2O4. The van der Waals surface area contributed by atoms with Crippen molar-refractivity contribution in [2.24, 2.45) is 5.41 Å². The number of esters is 1. The molecule has 0 aromatic heterocycles. The molecule has 0 saturated carbocycles. The topological polar surface area (TPSA) is 79.6 Å². The molecule has 1 aliphatic heterocycles. The minimum atomic E-state index is -0.931. The van der Waals surface area contributed by atoms with E-state index in [2.05, 4.69) is 0 Å². The molecule has 0 bridgehead atoms. The average molecular weight is 296 g/mol. The number of nitrogens with zero attached hydrogens (tertiary/aromatic N) is 2. The summed E-state index contributed by atoms with van der Waals surface area (Å²) in [6, 6.07) is 2.05. The van der Waals surface area contributed by atoms with E-state index in [0.29, 0.717) is 19.4 Å². The Kier molecular flexibility index (Phi) is 5.59. The quantitative estimate of drug-likeness (QED) is 0.747. The third-order valence-corrected chi connectivity index (χ3v) is 3.35. The number of hydrogen-bond acceptors (Lipinski definition) is 5. The van der Waals surface area contributed by atoms with Crippen molar-refractivity contribution in [3.8, 4) is 6.07 Å². The second-order valence-corrected chi connectivity index (χ2v) is 6.34. The summed E-state index contributed by atoms with van der Waals surface area (Å²) in [6.45, 7) is 8.08. The number of hydrogen-bond donors (Lipinski definition) is 0. The van der Waals surface area contributed by atoms with Gasteiger partial charge in [-0.05, 0) is 40.5 Å². The van der Waals surface area contributed by atoms with Gasteiger partial charge >= 0.3 is 12.1 Å². The molecule has 6 nitrogen and oxygen atoms in total. The van der Waals surface area contributed by atoms with Gasteiger partial charge in [0.15, 0.2) is 0 Å². The number of piperidine rings is 1. The van der Waals surface area contributed by atoms with Crippen LogP contribution < -0.4 is 0 Å². The third-order valence-electron chi connectivity index (χ3n) is 3.35. The molecule has 0 unspecified atom stereocenters. The highest BCUT2D eigenvalue weighted by Gasteiger charge is 2.45. The van der Waals surface area contributed by atoms with Gasteiger partial charge in [0.25, 0.3) is 0 Å². The van der Waals surface area contributed by atoms with Gasteiger partial charge in [0.2, 0.25) is 0 Å². The summed E-state index contributed by atoms with van der Waals surface area (Å²) < 4.78 is 10.4. The van der Waals surface area contributed by atoms with Gasteiger partial charge < -0.3 is 14.4 Å². The van der Waals surface area contributed by atoms with Crippen molar-refractivity contribution in [1.29, 1.82) is 5.26 Å². The minimum absolute atomic E-state index is 0.0468. The number of likely N-dealkylation sites (tertiary alicyclic amines) is 1. The van der Waals surface area contributed by atoms with Crippen LogP contribution in [0.15, 0.2) is 0 Å². The summed E-state index contributed by atoms with van der Waals surface area (Å²) in [7, 11) is 0. The lowest BCUT2D eigenvalue weighted by Gasteiger charge is -2.39. The van der Waals surface area contributed by atoms with Crippen molar-refractivity contribution in [3.63, 3.8) is 0 Å². The average Bonchev–Trinajstić information content (AvgIpc) is 2.37. The van der Waals surface area contributed by atoms with E-state index in [9.17, 15) is 9.59 Å². The Morgan fingerprint density at radius 3 is 2.57 bits per heavy atom. The maximum atomic E-state index is 12.2. The van der Waals surface area contributed by atoms with Gasteiger partial charge in [-0.3, -0.25) is 4.79 Å². The largest absolute Gasteiger partial charge is 0.465 e.